The van der Waals surface area contributed by atoms with Gasteiger partial charge in [0.2, 0.25) is 0 Å². The number of anilines is 1. The normalized spacial score (nSPS) is 34.1. The van der Waals surface area contributed by atoms with Gasteiger partial charge in [-0.25, -0.2) is 9.98 Å². The van der Waals surface area contributed by atoms with Crippen LogP contribution in [0, 0.1) is 0 Å². The summed E-state index contributed by atoms with van der Waals surface area (Å²) in [7, 11) is 0. The van der Waals surface area contributed by atoms with Gasteiger partial charge < -0.3 is 35.5 Å². The number of imidazole rings is 1. The van der Waals surface area contributed by atoms with Crippen LogP contribution < -0.4 is 11.1 Å². The van der Waals surface area contributed by atoms with Crippen LogP contribution in [0.15, 0.2) is 34.1 Å². The number of nitrogens with one attached hydrogen (secondary N) is 1. The minimum atomic E-state index is -1.21. The Morgan fingerprint density at radius 1 is 1.36 bits per heavy atom. The van der Waals surface area contributed by atoms with E-state index in [-0.39, 0.29) is 0 Å². The van der Waals surface area contributed by atoms with Crippen molar-refractivity contribution in [2.24, 2.45) is 10.7 Å². The van der Waals surface area contributed by atoms with E-state index in [9.17, 15) is 15.3 Å². The van der Waals surface area contributed by atoms with Crippen LogP contribution in [0.5, 0.6) is 0 Å². The van der Waals surface area contributed by atoms with E-state index >= 15 is 0 Å². The average Bonchev–Trinajstić information content (AvgIpc) is 3.30. The summed E-state index contributed by atoms with van der Waals surface area (Å²) in [5.74, 6) is 1.16. The van der Waals surface area contributed by atoms with Crippen molar-refractivity contribution in [1.82, 2.24) is 9.55 Å². The van der Waals surface area contributed by atoms with Crippen molar-refractivity contribution in [3.63, 3.8) is 0 Å². The highest BCUT2D eigenvalue weighted by Crippen LogP contribution is 2.37. The van der Waals surface area contributed by atoms with Gasteiger partial charge in [-0.2, -0.15) is 0 Å². The van der Waals surface area contributed by atoms with Gasteiger partial charge in [0.15, 0.2) is 11.9 Å². The fourth-order valence-corrected chi connectivity index (χ4v) is 3.20. The molecular formula is C15H19N5O5. The van der Waals surface area contributed by atoms with Gasteiger partial charge in [-0.05, 0) is 12.1 Å². The number of hydrogen-bond acceptors (Lipinski definition) is 9. The zero-order valence-electron chi connectivity index (χ0n) is 13.2. The van der Waals surface area contributed by atoms with Gasteiger partial charge in [-0.15, -0.1) is 0 Å². The molecule has 25 heavy (non-hydrogen) atoms. The summed E-state index contributed by atoms with van der Waals surface area (Å²) in [6.45, 7) is -0.403. The molecule has 10 heteroatoms. The zero-order valence-corrected chi connectivity index (χ0v) is 13.2. The number of aliphatic hydroxyl groups is 3. The first-order valence-electron chi connectivity index (χ1n) is 7.85. The highest BCUT2D eigenvalue weighted by Gasteiger charge is 2.46. The monoisotopic (exact) mass is 349 g/mol. The van der Waals surface area contributed by atoms with Gasteiger partial charge in [-0.3, -0.25) is 4.57 Å². The van der Waals surface area contributed by atoms with E-state index < -0.39 is 36.8 Å². The molecule has 6 N–H and O–H groups in total. The number of rotatable bonds is 4. The van der Waals surface area contributed by atoms with E-state index in [1.807, 2.05) is 0 Å². The molecule has 4 rings (SSSR count). The van der Waals surface area contributed by atoms with Gasteiger partial charge in [0.25, 0.3) is 0 Å². The van der Waals surface area contributed by atoms with Gasteiger partial charge in [0.05, 0.1) is 32.0 Å². The molecule has 1 unspecified atom stereocenters. The van der Waals surface area contributed by atoms with Crippen molar-refractivity contribution in [1.29, 1.82) is 0 Å². The van der Waals surface area contributed by atoms with Gasteiger partial charge >= 0.3 is 0 Å². The van der Waals surface area contributed by atoms with Gasteiger partial charge in [0.1, 0.15) is 35.6 Å². The summed E-state index contributed by atoms with van der Waals surface area (Å²) >= 11 is 0. The van der Waals surface area contributed by atoms with E-state index in [1.54, 1.807) is 18.4 Å². The van der Waals surface area contributed by atoms with E-state index in [2.05, 4.69) is 15.3 Å². The van der Waals surface area contributed by atoms with Crippen LogP contribution in [0.1, 0.15) is 17.7 Å². The minimum absolute atomic E-state index is 0.304. The third-order valence-electron chi connectivity index (χ3n) is 4.52. The van der Waals surface area contributed by atoms with Gasteiger partial charge in [-0.1, -0.05) is 0 Å². The average molecular weight is 349 g/mol. The van der Waals surface area contributed by atoms with Crippen molar-refractivity contribution in [3.05, 3.63) is 36.2 Å². The molecule has 2 aliphatic rings. The molecule has 134 valence electrons. The molecule has 1 fully saturated rings. The van der Waals surface area contributed by atoms with Crippen LogP contribution >= 0.6 is 0 Å². The van der Waals surface area contributed by atoms with Gasteiger partial charge in [0, 0.05) is 0 Å². The fraction of sp³-hybridized carbons (Fsp3) is 0.467. The standard InChI is InChI=1S/C15H19N5O5/c16-15(4-8-2-1-3-24-8)12-13(17-6-19-15)20(7-18-12)14-11(23)10(22)9(5-21)25-14/h1-3,6-7,9-11,14,21-23H,4-5,16H2,(H,17,19)/t9-,10-,11-,14-,15?/m1/s1. The summed E-state index contributed by atoms with van der Waals surface area (Å²) in [4.78, 5) is 8.63. The van der Waals surface area contributed by atoms with Crippen LogP contribution in [0.4, 0.5) is 5.82 Å². The molecule has 0 aromatic carbocycles. The Balaban J connectivity index is 1.67. The van der Waals surface area contributed by atoms with Crippen LogP contribution in [-0.4, -0.2) is 56.1 Å². The second-order valence-corrected chi connectivity index (χ2v) is 6.16. The summed E-state index contributed by atoms with van der Waals surface area (Å²) in [5, 5.41) is 32.4. The predicted octanol–water partition coefficient (Wildman–Crippen LogP) is -1.10. The van der Waals surface area contributed by atoms with E-state index in [4.69, 9.17) is 14.9 Å². The lowest BCUT2D eigenvalue weighted by atomic mass is 10.0. The molecule has 0 saturated carbocycles. The van der Waals surface area contributed by atoms with Crippen LogP contribution in [-0.2, 0) is 16.8 Å². The second kappa shape index (κ2) is 5.93. The number of aromatic nitrogens is 2. The Bertz CT molecular complexity index is 775. The highest BCUT2D eigenvalue weighted by atomic mass is 16.6. The SMILES string of the molecule is NC1(Cc2ccco2)N=CNc2c1ncn2[C@@H]1O[C@H](CO)[C@@H](O)[C@H]1O. The van der Waals surface area contributed by atoms with E-state index in [0.29, 0.717) is 23.7 Å². The number of aliphatic hydroxyl groups excluding tert-OH is 3. The fourth-order valence-electron chi connectivity index (χ4n) is 3.20. The number of furan rings is 1. The Morgan fingerprint density at radius 2 is 2.20 bits per heavy atom. The smallest absolute Gasteiger partial charge is 0.165 e. The highest BCUT2D eigenvalue weighted by molar-refractivity contribution is 5.79. The van der Waals surface area contributed by atoms with Crippen molar-refractivity contribution in [2.75, 3.05) is 11.9 Å². The third kappa shape index (κ3) is 2.55. The van der Waals surface area contributed by atoms with Crippen molar-refractivity contribution >= 4 is 12.2 Å². The molecule has 0 radical (unpaired) electrons. The molecular weight excluding hydrogens is 330 g/mol. The number of hydrogen-bond donors (Lipinski definition) is 5. The van der Waals surface area contributed by atoms with Crippen LogP contribution in [0.25, 0.3) is 0 Å². The van der Waals surface area contributed by atoms with Crippen LogP contribution in [0.3, 0.4) is 0 Å². The topological polar surface area (TPSA) is 151 Å². The first kappa shape index (κ1) is 16.2. The van der Waals surface area contributed by atoms with Crippen molar-refractivity contribution < 1.29 is 24.5 Å². The van der Waals surface area contributed by atoms with Crippen LogP contribution in [0.2, 0.25) is 0 Å². The molecule has 2 aliphatic heterocycles. The van der Waals surface area contributed by atoms with E-state index in [0.717, 1.165) is 0 Å². The Labute approximate surface area is 142 Å². The first-order valence-corrected chi connectivity index (χ1v) is 7.85. The maximum absolute atomic E-state index is 10.2. The zero-order chi connectivity index (χ0) is 17.6. The van der Waals surface area contributed by atoms with Crippen molar-refractivity contribution in [2.45, 2.75) is 36.6 Å². The lowest BCUT2D eigenvalue weighted by Gasteiger charge is -2.28. The molecule has 2 aromatic heterocycles. The lowest BCUT2D eigenvalue weighted by molar-refractivity contribution is -0.0518. The maximum atomic E-state index is 10.2. The summed E-state index contributed by atoms with van der Waals surface area (Å²) < 4.78 is 12.4. The Morgan fingerprint density at radius 3 is 2.88 bits per heavy atom. The molecule has 4 heterocycles. The quantitative estimate of drug-likeness (QED) is 0.466. The van der Waals surface area contributed by atoms with E-state index in [1.165, 1.54) is 17.2 Å². The molecule has 10 nitrogen and oxygen atoms in total. The number of fused-ring (bicyclic) bond motifs is 1. The Kier molecular flexibility index (Phi) is 3.85. The predicted molar refractivity (Wildman–Crippen MR) is 85.6 cm³/mol. The minimum Gasteiger partial charge on any atom is -0.469 e. The molecule has 0 bridgehead atoms. The first-order chi connectivity index (χ1) is 12.0. The number of nitrogens with zero attached hydrogens (tertiary/aromatic N) is 3. The number of aliphatic imine (C=N–C) groups is 1. The molecule has 2 aromatic rings. The molecule has 0 amide bonds. The molecule has 0 aliphatic carbocycles. The summed E-state index contributed by atoms with van der Waals surface area (Å²) in [6.07, 6.45) is 0.572. The number of nitrogens with two attached hydrogens (primary N) is 1. The number of ether oxygens (including phenoxy) is 1. The molecule has 5 atom stereocenters. The third-order valence-corrected chi connectivity index (χ3v) is 4.52. The lowest BCUT2D eigenvalue weighted by Crippen LogP contribution is -2.41. The van der Waals surface area contributed by atoms with Crippen molar-refractivity contribution in [3.8, 4) is 0 Å². The maximum Gasteiger partial charge on any atom is 0.165 e. The Hall–Kier alpha value is -2.24. The molecule has 0 spiro atoms. The second-order valence-electron chi connectivity index (χ2n) is 6.16. The molecule has 1 saturated heterocycles. The summed E-state index contributed by atoms with van der Waals surface area (Å²) in [5.41, 5.74) is 5.75. The largest absolute Gasteiger partial charge is 0.469 e. The summed E-state index contributed by atoms with van der Waals surface area (Å²) in [6, 6.07) is 3.57.